The van der Waals surface area contributed by atoms with E-state index in [0.717, 1.165) is 11.3 Å². The van der Waals surface area contributed by atoms with Crippen molar-refractivity contribution in [3.63, 3.8) is 0 Å². The fourth-order valence-electron chi connectivity index (χ4n) is 1.85. The molecular weight excluding hydrogens is 276 g/mol. The minimum atomic E-state index is -3.62. The van der Waals surface area contributed by atoms with Crippen molar-refractivity contribution in [2.24, 2.45) is 0 Å². The maximum Gasteiger partial charge on any atom is 0.272 e. The standard InChI is InChI=1S/C9H16N4O3S2/c1-3-7-5-16-6(2)4-13(7)18(14,15)9-12-11-8(10)17-9/h6-7H,3-5H2,1-2H3,(H2,10,11). The summed E-state index contributed by atoms with van der Waals surface area (Å²) in [4.78, 5) is 0. The Kier molecular flexibility index (Phi) is 3.85. The van der Waals surface area contributed by atoms with Gasteiger partial charge < -0.3 is 10.5 Å². The zero-order chi connectivity index (χ0) is 13.3. The van der Waals surface area contributed by atoms with Gasteiger partial charge >= 0.3 is 0 Å². The average molecular weight is 292 g/mol. The van der Waals surface area contributed by atoms with Gasteiger partial charge in [0.25, 0.3) is 10.0 Å². The van der Waals surface area contributed by atoms with Gasteiger partial charge in [0.05, 0.1) is 12.7 Å². The highest BCUT2D eigenvalue weighted by Crippen LogP contribution is 2.26. The van der Waals surface area contributed by atoms with Crippen LogP contribution in [0.5, 0.6) is 0 Å². The Balaban J connectivity index is 2.32. The topological polar surface area (TPSA) is 98.4 Å². The van der Waals surface area contributed by atoms with E-state index >= 15 is 0 Å². The summed E-state index contributed by atoms with van der Waals surface area (Å²) in [7, 11) is -3.62. The largest absolute Gasteiger partial charge is 0.375 e. The number of morpholine rings is 1. The molecule has 1 aromatic heterocycles. The van der Waals surface area contributed by atoms with Gasteiger partial charge in [0, 0.05) is 12.6 Å². The Labute approximate surface area is 110 Å². The number of hydrogen-bond donors (Lipinski definition) is 1. The van der Waals surface area contributed by atoms with Crippen LogP contribution in [0, 0.1) is 0 Å². The van der Waals surface area contributed by atoms with Crippen LogP contribution in [0.15, 0.2) is 4.34 Å². The molecule has 7 nitrogen and oxygen atoms in total. The van der Waals surface area contributed by atoms with Crippen molar-refractivity contribution >= 4 is 26.5 Å². The van der Waals surface area contributed by atoms with Crippen LogP contribution >= 0.6 is 11.3 Å². The number of aromatic nitrogens is 2. The molecule has 0 amide bonds. The van der Waals surface area contributed by atoms with E-state index in [1.165, 1.54) is 4.31 Å². The van der Waals surface area contributed by atoms with Crippen molar-refractivity contribution in [2.45, 2.75) is 36.8 Å². The molecule has 0 aromatic carbocycles. The summed E-state index contributed by atoms with van der Waals surface area (Å²) >= 11 is 0.887. The van der Waals surface area contributed by atoms with E-state index in [4.69, 9.17) is 10.5 Å². The smallest absolute Gasteiger partial charge is 0.272 e. The van der Waals surface area contributed by atoms with Gasteiger partial charge in [-0.1, -0.05) is 18.3 Å². The van der Waals surface area contributed by atoms with Gasteiger partial charge in [-0.25, -0.2) is 8.42 Å². The maximum atomic E-state index is 12.4. The molecule has 0 aliphatic carbocycles. The minimum Gasteiger partial charge on any atom is -0.375 e. The van der Waals surface area contributed by atoms with E-state index in [0.29, 0.717) is 19.6 Å². The van der Waals surface area contributed by atoms with Crippen LogP contribution in [-0.2, 0) is 14.8 Å². The van der Waals surface area contributed by atoms with Crippen LogP contribution in [0.1, 0.15) is 20.3 Å². The summed E-state index contributed by atoms with van der Waals surface area (Å²) in [5, 5.41) is 7.34. The number of nitrogens with zero attached hydrogens (tertiary/aromatic N) is 3. The molecule has 1 saturated heterocycles. The molecule has 1 fully saturated rings. The predicted octanol–water partition coefficient (Wildman–Crippen LogP) is 0.308. The fourth-order valence-corrected chi connectivity index (χ4v) is 4.51. The van der Waals surface area contributed by atoms with Crippen LogP contribution in [0.4, 0.5) is 5.13 Å². The van der Waals surface area contributed by atoms with Crippen molar-refractivity contribution < 1.29 is 13.2 Å². The molecule has 0 bridgehead atoms. The molecule has 102 valence electrons. The average Bonchev–Trinajstić information content (AvgIpc) is 2.76. The third-order valence-corrected chi connectivity index (χ3v) is 5.86. The van der Waals surface area contributed by atoms with Gasteiger partial charge in [0.2, 0.25) is 9.47 Å². The molecule has 2 N–H and O–H groups in total. The van der Waals surface area contributed by atoms with Crippen LogP contribution in [0.25, 0.3) is 0 Å². The predicted molar refractivity (Wildman–Crippen MR) is 67.7 cm³/mol. The zero-order valence-corrected chi connectivity index (χ0v) is 11.9. The lowest BCUT2D eigenvalue weighted by Crippen LogP contribution is -2.51. The van der Waals surface area contributed by atoms with E-state index < -0.39 is 10.0 Å². The Hall–Kier alpha value is -0.770. The van der Waals surface area contributed by atoms with Gasteiger partial charge in [-0.05, 0) is 13.3 Å². The fraction of sp³-hybridized carbons (Fsp3) is 0.778. The van der Waals surface area contributed by atoms with Gasteiger partial charge in [-0.2, -0.15) is 4.31 Å². The van der Waals surface area contributed by atoms with E-state index in [1.54, 1.807) is 0 Å². The van der Waals surface area contributed by atoms with E-state index in [1.807, 2.05) is 13.8 Å². The lowest BCUT2D eigenvalue weighted by molar-refractivity contribution is -0.0230. The zero-order valence-electron chi connectivity index (χ0n) is 10.2. The van der Waals surface area contributed by atoms with Gasteiger partial charge in [-0.3, -0.25) is 0 Å². The summed E-state index contributed by atoms with van der Waals surface area (Å²) in [6.07, 6.45) is 0.577. The monoisotopic (exact) mass is 292 g/mol. The first-order valence-electron chi connectivity index (χ1n) is 5.67. The molecule has 2 unspecified atom stereocenters. The lowest BCUT2D eigenvalue weighted by atomic mass is 10.2. The van der Waals surface area contributed by atoms with Crippen molar-refractivity contribution in [3.8, 4) is 0 Å². The Morgan fingerprint density at radius 3 is 2.83 bits per heavy atom. The molecule has 18 heavy (non-hydrogen) atoms. The first-order chi connectivity index (χ1) is 8.45. The summed E-state index contributed by atoms with van der Waals surface area (Å²) in [6, 6.07) is -0.156. The number of anilines is 1. The normalized spacial score (nSPS) is 26.3. The maximum absolute atomic E-state index is 12.4. The first kappa shape index (κ1) is 13.7. The lowest BCUT2D eigenvalue weighted by Gasteiger charge is -2.36. The second kappa shape index (κ2) is 5.08. The van der Waals surface area contributed by atoms with E-state index in [-0.39, 0.29) is 21.6 Å². The highest BCUT2D eigenvalue weighted by molar-refractivity contribution is 7.91. The van der Waals surface area contributed by atoms with E-state index in [9.17, 15) is 8.42 Å². The number of rotatable bonds is 3. The second-order valence-corrected chi connectivity index (χ2v) is 7.26. The molecule has 9 heteroatoms. The summed E-state index contributed by atoms with van der Waals surface area (Å²) < 4.78 is 31.8. The first-order valence-corrected chi connectivity index (χ1v) is 7.93. The Morgan fingerprint density at radius 2 is 2.28 bits per heavy atom. The number of sulfonamides is 1. The van der Waals surface area contributed by atoms with Crippen molar-refractivity contribution in [1.82, 2.24) is 14.5 Å². The highest BCUT2D eigenvalue weighted by Gasteiger charge is 2.37. The molecule has 0 spiro atoms. The van der Waals surface area contributed by atoms with Gasteiger partial charge in [0.1, 0.15) is 0 Å². The Morgan fingerprint density at radius 1 is 1.56 bits per heavy atom. The van der Waals surface area contributed by atoms with Crippen LogP contribution in [-0.4, -0.2) is 48.2 Å². The van der Waals surface area contributed by atoms with E-state index in [2.05, 4.69) is 10.2 Å². The molecular formula is C9H16N4O3S2. The summed E-state index contributed by atoms with van der Waals surface area (Å²) in [6.45, 7) is 4.52. The van der Waals surface area contributed by atoms with Gasteiger partial charge in [0.15, 0.2) is 0 Å². The minimum absolute atomic E-state index is 0.0486. The molecule has 1 aromatic rings. The SMILES string of the molecule is CCC1COC(C)CN1S(=O)(=O)c1nnc(N)s1. The number of nitrogens with two attached hydrogens (primary N) is 1. The third kappa shape index (κ3) is 2.48. The Bertz CT molecular complexity index is 516. The molecule has 2 rings (SSSR count). The van der Waals surface area contributed by atoms with Gasteiger partial charge in [-0.15, -0.1) is 10.2 Å². The molecule has 2 heterocycles. The van der Waals surface area contributed by atoms with Crippen molar-refractivity contribution in [2.75, 3.05) is 18.9 Å². The van der Waals surface area contributed by atoms with Crippen LogP contribution in [0.3, 0.4) is 0 Å². The summed E-state index contributed by atoms with van der Waals surface area (Å²) in [5.41, 5.74) is 5.44. The summed E-state index contributed by atoms with van der Waals surface area (Å²) in [5.74, 6) is 0. The molecule has 0 saturated carbocycles. The quantitative estimate of drug-likeness (QED) is 0.861. The van der Waals surface area contributed by atoms with Crippen LogP contribution < -0.4 is 5.73 Å². The molecule has 1 aliphatic rings. The number of nitrogen functional groups attached to an aromatic ring is 1. The van der Waals surface area contributed by atoms with Crippen LogP contribution in [0.2, 0.25) is 0 Å². The second-order valence-electron chi connectivity index (χ2n) is 4.19. The highest BCUT2D eigenvalue weighted by atomic mass is 32.2. The third-order valence-electron chi connectivity index (χ3n) is 2.84. The number of hydrogen-bond acceptors (Lipinski definition) is 7. The molecule has 1 aliphatic heterocycles. The molecule has 2 atom stereocenters. The van der Waals surface area contributed by atoms with Crippen molar-refractivity contribution in [3.05, 3.63) is 0 Å². The molecule has 0 radical (unpaired) electrons. The number of ether oxygens (including phenoxy) is 1. The van der Waals surface area contributed by atoms with Crippen molar-refractivity contribution in [1.29, 1.82) is 0 Å².